The average molecular weight is 295 g/mol. The van der Waals surface area contributed by atoms with Gasteiger partial charge in [-0.05, 0) is 37.1 Å². The van der Waals surface area contributed by atoms with Gasteiger partial charge in [-0.2, -0.15) is 0 Å². The summed E-state index contributed by atoms with van der Waals surface area (Å²) < 4.78 is 5.19. The molecule has 0 saturated heterocycles. The first kappa shape index (κ1) is 15.0. The fourth-order valence-corrected chi connectivity index (χ4v) is 3.10. The highest BCUT2D eigenvalue weighted by Crippen LogP contribution is 2.23. The normalized spacial score (nSPS) is 23.9. The molecule has 20 heavy (non-hydrogen) atoms. The van der Waals surface area contributed by atoms with Gasteiger partial charge < -0.3 is 10.1 Å². The molecule has 2 rings (SSSR count). The number of esters is 1. The average Bonchev–Trinajstić information content (AvgIpc) is 2.95. The van der Waals surface area contributed by atoms with Gasteiger partial charge in [-0.25, -0.2) is 4.79 Å². The molecule has 0 aliphatic heterocycles. The van der Waals surface area contributed by atoms with Crippen molar-refractivity contribution in [3.63, 3.8) is 0 Å². The minimum absolute atomic E-state index is 0.200. The van der Waals surface area contributed by atoms with Crippen molar-refractivity contribution < 1.29 is 14.3 Å². The number of carbonyl (C=O) groups is 2. The van der Waals surface area contributed by atoms with Gasteiger partial charge in [-0.1, -0.05) is 25.8 Å². The Hall–Kier alpha value is -1.36. The topological polar surface area (TPSA) is 55.4 Å². The zero-order valence-corrected chi connectivity index (χ0v) is 12.7. The lowest BCUT2D eigenvalue weighted by atomic mass is 9.86. The van der Waals surface area contributed by atoms with Crippen molar-refractivity contribution >= 4 is 23.2 Å². The summed E-state index contributed by atoms with van der Waals surface area (Å²) >= 11 is 1.31. The molecule has 0 radical (unpaired) electrons. The number of carbonyl (C=O) groups excluding carboxylic acids is 2. The third-order valence-corrected chi connectivity index (χ3v) is 4.66. The molecule has 0 bridgehead atoms. The molecule has 1 heterocycles. The van der Waals surface area contributed by atoms with Crippen LogP contribution in [0, 0.1) is 5.92 Å². The van der Waals surface area contributed by atoms with Crippen LogP contribution in [0.4, 0.5) is 0 Å². The summed E-state index contributed by atoms with van der Waals surface area (Å²) in [6, 6.07) is 3.69. The number of hydrogen-bond acceptors (Lipinski definition) is 4. The second kappa shape index (κ2) is 6.88. The summed E-state index contributed by atoms with van der Waals surface area (Å²) in [5.41, 5.74) is 0. The molecule has 1 aliphatic carbocycles. The van der Waals surface area contributed by atoms with Crippen molar-refractivity contribution in [1.82, 2.24) is 5.32 Å². The van der Waals surface area contributed by atoms with Crippen LogP contribution >= 0.6 is 11.3 Å². The molecule has 0 unspecified atom stereocenters. The molecule has 1 aromatic rings. The molecule has 1 saturated carbocycles. The van der Waals surface area contributed by atoms with Crippen LogP contribution in [-0.2, 0) is 9.53 Å². The van der Waals surface area contributed by atoms with Gasteiger partial charge in [-0.15, -0.1) is 11.3 Å². The maximum atomic E-state index is 12.1. The Bertz CT molecular complexity index is 458. The third-order valence-electron chi connectivity index (χ3n) is 3.81. The van der Waals surface area contributed by atoms with Crippen molar-refractivity contribution in [2.24, 2.45) is 5.92 Å². The molecule has 5 heteroatoms. The van der Waals surface area contributed by atoms with E-state index in [1.54, 1.807) is 19.1 Å². The summed E-state index contributed by atoms with van der Waals surface area (Å²) in [6.45, 7) is 3.78. The molecular weight excluding hydrogens is 274 g/mol. The Morgan fingerprint density at radius 2 is 2.15 bits per heavy atom. The first-order valence-electron chi connectivity index (χ1n) is 7.13. The minimum Gasteiger partial charge on any atom is -0.448 e. The van der Waals surface area contributed by atoms with E-state index in [2.05, 4.69) is 12.2 Å². The zero-order chi connectivity index (χ0) is 14.5. The van der Waals surface area contributed by atoms with Crippen LogP contribution in [0.2, 0.25) is 0 Å². The highest BCUT2D eigenvalue weighted by Gasteiger charge is 2.26. The number of thiophene rings is 1. The largest absolute Gasteiger partial charge is 0.448 e. The Morgan fingerprint density at radius 1 is 1.40 bits per heavy atom. The van der Waals surface area contributed by atoms with Crippen LogP contribution in [0.15, 0.2) is 17.5 Å². The van der Waals surface area contributed by atoms with Gasteiger partial charge in [0.25, 0.3) is 5.91 Å². The summed E-state index contributed by atoms with van der Waals surface area (Å²) in [4.78, 5) is 24.4. The molecule has 1 N–H and O–H groups in total. The van der Waals surface area contributed by atoms with E-state index in [-0.39, 0.29) is 11.9 Å². The van der Waals surface area contributed by atoms with Crippen molar-refractivity contribution in [2.45, 2.75) is 51.7 Å². The van der Waals surface area contributed by atoms with Gasteiger partial charge >= 0.3 is 5.97 Å². The Labute approximate surface area is 123 Å². The van der Waals surface area contributed by atoms with E-state index in [4.69, 9.17) is 4.74 Å². The van der Waals surface area contributed by atoms with Crippen LogP contribution in [-0.4, -0.2) is 24.0 Å². The molecular formula is C15H21NO3S. The van der Waals surface area contributed by atoms with Gasteiger partial charge in [0.1, 0.15) is 4.88 Å². The first-order chi connectivity index (χ1) is 9.58. The highest BCUT2D eigenvalue weighted by atomic mass is 32.1. The lowest BCUT2D eigenvalue weighted by Gasteiger charge is -2.30. The maximum absolute atomic E-state index is 12.1. The first-order valence-corrected chi connectivity index (χ1v) is 8.00. The molecule has 3 atom stereocenters. The van der Waals surface area contributed by atoms with Crippen molar-refractivity contribution in [1.29, 1.82) is 0 Å². The number of rotatable bonds is 4. The Morgan fingerprint density at radius 3 is 2.80 bits per heavy atom. The molecule has 4 nitrogen and oxygen atoms in total. The smallest absolute Gasteiger partial charge is 0.349 e. The number of hydrogen-bond donors (Lipinski definition) is 1. The van der Waals surface area contributed by atoms with Gasteiger partial charge in [-0.3, -0.25) is 4.79 Å². The van der Waals surface area contributed by atoms with Crippen molar-refractivity contribution in [2.75, 3.05) is 0 Å². The van der Waals surface area contributed by atoms with Crippen LogP contribution in [0.5, 0.6) is 0 Å². The van der Waals surface area contributed by atoms with E-state index in [0.29, 0.717) is 10.8 Å². The maximum Gasteiger partial charge on any atom is 0.349 e. The number of ether oxygens (including phenoxy) is 1. The molecule has 110 valence electrons. The van der Waals surface area contributed by atoms with Crippen molar-refractivity contribution in [3.8, 4) is 0 Å². The summed E-state index contributed by atoms with van der Waals surface area (Å²) in [6.07, 6.45) is 3.79. The van der Waals surface area contributed by atoms with Gasteiger partial charge in [0.2, 0.25) is 0 Å². The van der Waals surface area contributed by atoms with Gasteiger partial charge in [0.05, 0.1) is 0 Å². The third kappa shape index (κ3) is 3.82. The molecule has 0 spiro atoms. The van der Waals surface area contributed by atoms with Crippen LogP contribution in [0.25, 0.3) is 0 Å². The molecule has 1 fully saturated rings. The number of amides is 1. The fraction of sp³-hybridized carbons (Fsp3) is 0.600. The monoisotopic (exact) mass is 295 g/mol. The SMILES string of the molecule is C[C@H](OC(=O)c1cccs1)C(=O)N[C@H]1CCCC[C@@H]1C. The molecule has 1 amide bonds. The lowest BCUT2D eigenvalue weighted by molar-refractivity contribution is -0.130. The molecule has 1 aliphatic rings. The fourth-order valence-electron chi connectivity index (χ4n) is 2.50. The van der Waals surface area contributed by atoms with E-state index >= 15 is 0 Å². The van der Waals surface area contributed by atoms with E-state index < -0.39 is 12.1 Å². The predicted octanol–water partition coefficient (Wildman–Crippen LogP) is 2.99. The standard InChI is InChI=1S/C15H21NO3S/c1-10-6-3-4-7-12(10)16-14(17)11(2)19-15(18)13-8-5-9-20-13/h5,8-12H,3-4,6-7H2,1-2H3,(H,16,17)/t10-,11-,12-/m0/s1. The summed E-state index contributed by atoms with van der Waals surface area (Å²) in [5.74, 6) is -0.138. The van der Waals surface area contributed by atoms with Crippen molar-refractivity contribution in [3.05, 3.63) is 22.4 Å². The summed E-state index contributed by atoms with van der Waals surface area (Å²) in [5, 5.41) is 4.82. The van der Waals surface area contributed by atoms with E-state index in [9.17, 15) is 9.59 Å². The number of nitrogens with one attached hydrogen (secondary N) is 1. The highest BCUT2D eigenvalue weighted by molar-refractivity contribution is 7.11. The minimum atomic E-state index is -0.751. The summed E-state index contributed by atoms with van der Waals surface area (Å²) in [7, 11) is 0. The second-order valence-corrected chi connectivity index (χ2v) is 6.35. The lowest BCUT2D eigenvalue weighted by Crippen LogP contribution is -2.45. The zero-order valence-electron chi connectivity index (χ0n) is 11.9. The van der Waals surface area contributed by atoms with E-state index in [0.717, 1.165) is 19.3 Å². The van der Waals surface area contributed by atoms with Crippen LogP contribution in [0.1, 0.15) is 49.2 Å². The second-order valence-electron chi connectivity index (χ2n) is 5.40. The Kier molecular flexibility index (Phi) is 5.17. The van der Waals surface area contributed by atoms with E-state index in [1.165, 1.54) is 17.8 Å². The van der Waals surface area contributed by atoms with Gasteiger partial charge in [0, 0.05) is 6.04 Å². The van der Waals surface area contributed by atoms with Crippen LogP contribution < -0.4 is 5.32 Å². The predicted molar refractivity (Wildman–Crippen MR) is 78.8 cm³/mol. The van der Waals surface area contributed by atoms with Crippen LogP contribution in [0.3, 0.4) is 0 Å². The molecule has 0 aromatic carbocycles. The quantitative estimate of drug-likeness (QED) is 0.869. The Balaban J connectivity index is 1.84. The molecule has 1 aromatic heterocycles. The van der Waals surface area contributed by atoms with Gasteiger partial charge in [0.15, 0.2) is 6.10 Å². The van der Waals surface area contributed by atoms with E-state index in [1.807, 2.05) is 5.38 Å².